The van der Waals surface area contributed by atoms with Crippen molar-refractivity contribution in [3.8, 4) is 0 Å². The molecule has 6 heteroatoms. The Hall–Kier alpha value is -1.26. The lowest BCUT2D eigenvalue weighted by atomic mass is 10.3. The van der Waals surface area contributed by atoms with E-state index in [1.165, 1.54) is 0 Å². The van der Waals surface area contributed by atoms with Gasteiger partial charge in [0, 0.05) is 0 Å². The Labute approximate surface area is 96.9 Å². The molecule has 80 valence electrons. The summed E-state index contributed by atoms with van der Waals surface area (Å²) < 4.78 is 0. The number of anilines is 1. The van der Waals surface area contributed by atoms with Crippen LogP contribution in [-0.2, 0) is 4.79 Å². The summed E-state index contributed by atoms with van der Waals surface area (Å²) in [6.45, 7) is 0. The van der Waals surface area contributed by atoms with Gasteiger partial charge in [-0.2, -0.15) is 0 Å². The first kappa shape index (κ1) is 11.8. The summed E-state index contributed by atoms with van der Waals surface area (Å²) in [7, 11) is 0. The maximum Gasteiger partial charge on any atom is 0.231 e. The van der Waals surface area contributed by atoms with E-state index in [0.29, 0.717) is 15.7 Å². The molecule has 4 N–H and O–H groups in total. The van der Waals surface area contributed by atoms with Crippen LogP contribution < -0.4 is 11.1 Å². The Bertz CT molecular complexity index is 386. The molecular formula is C9H9Cl2N3O. The van der Waals surface area contributed by atoms with Gasteiger partial charge in [-0.3, -0.25) is 10.2 Å². The Morgan fingerprint density at radius 1 is 1.40 bits per heavy atom. The molecule has 0 saturated carbocycles. The minimum absolute atomic E-state index is 0.179. The summed E-state index contributed by atoms with van der Waals surface area (Å²) in [5.41, 5.74) is 5.42. The number of amidine groups is 1. The lowest BCUT2D eigenvalue weighted by Crippen LogP contribution is -2.21. The van der Waals surface area contributed by atoms with Crippen molar-refractivity contribution < 1.29 is 4.79 Å². The van der Waals surface area contributed by atoms with Crippen molar-refractivity contribution in [2.45, 2.75) is 6.42 Å². The molecule has 0 atom stereocenters. The second-order valence-electron chi connectivity index (χ2n) is 2.85. The molecule has 0 saturated heterocycles. The third-order valence-corrected chi connectivity index (χ3v) is 2.21. The minimum Gasteiger partial charge on any atom is -0.387 e. The Balaban J connectivity index is 2.80. The number of amides is 1. The first-order valence-corrected chi connectivity index (χ1v) is 4.83. The minimum atomic E-state index is -0.419. The molecule has 1 rings (SSSR count). The second kappa shape index (κ2) is 5.00. The first-order chi connectivity index (χ1) is 7.00. The van der Waals surface area contributed by atoms with E-state index in [1.807, 2.05) is 0 Å². The van der Waals surface area contributed by atoms with Crippen molar-refractivity contribution in [3.63, 3.8) is 0 Å². The van der Waals surface area contributed by atoms with Gasteiger partial charge in [0.1, 0.15) is 5.84 Å². The fourth-order valence-corrected chi connectivity index (χ4v) is 1.47. The van der Waals surface area contributed by atoms with Crippen LogP contribution in [0.15, 0.2) is 18.2 Å². The zero-order valence-corrected chi connectivity index (χ0v) is 9.19. The molecule has 0 heterocycles. The Kier molecular flexibility index (Phi) is 3.94. The van der Waals surface area contributed by atoms with Crippen LogP contribution in [0.4, 0.5) is 5.69 Å². The van der Waals surface area contributed by atoms with E-state index in [2.05, 4.69) is 5.32 Å². The molecule has 0 aromatic heterocycles. The van der Waals surface area contributed by atoms with Gasteiger partial charge >= 0.3 is 0 Å². The molecule has 4 nitrogen and oxygen atoms in total. The van der Waals surface area contributed by atoms with E-state index < -0.39 is 5.91 Å². The van der Waals surface area contributed by atoms with Crippen LogP contribution in [0, 0.1) is 5.41 Å². The van der Waals surface area contributed by atoms with Gasteiger partial charge in [-0.25, -0.2) is 0 Å². The van der Waals surface area contributed by atoms with Gasteiger partial charge in [-0.15, -0.1) is 0 Å². The summed E-state index contributed by atoms with van der Waals surface area (Å²) in [5, 5.41) is 10.1. The number of carbonyl (C=O) groups excluding carboxylic acids is 1. The standard InChI is InChI=1S/C9H9Cl2N3O/c10-5-2-1-3-6(11)9(5)14-8(15)4-7(12)13/h1-3H,4H2,(H3,12,13)(H,14,15). The van der Waals surface area contributed by atoms with Crippen molar-refractivity contribution in [2.24, 2.45) is 5.73 Å². The number of nitrogens with two attached hydrogens (primary N) is 1. The number of carbonyl (C=O) groups is 1. The highest BCUT2D eigenvalue weighted by Gasteiger charge is 2.09. The predicted molar refractivity (Wildman–Crippen MR) is 61.6 cm³/mol. The van der Waals surface area contributed by atoms with Crippen molar-refractivity contribution in [3.05, 3.63) is 28.2 Å². The van der Waals surface area contributed by atoms with Crippen molar-refractivity contribution >= 4 is 40.6 Å². The number of halogens is 2. The number of benzene rings is 1. The average Bonchev–Trinajstić information content (AvgIpc) is 2.10. The molecule has 1 aromatic carbocycles. The average molecular weight is 246 g/mol. The Morgan fingerprint density at radius 2 is 1.93 bits per heavy atom. The number of para-hydroxylation sites is 1. The lowest BCUT2D eigenvalue weighted by Gasteiger charge is -2.08. The van der Waals surface area contributed by atoms with Gasteiger partial charge < -0.3 is 11.1 Å². The SMILES string of the molecule is N=C(N)CC(=O)Nc1c(Cl)cccc1Cl. The van der Waals surface area contributed by atoms with Gasteiger partial charge in [0.2, 0.25) is 5.91 Å². The zero-order valence-electron chi connectivity index (χ0n) is 7.68. The van der Waals surface area contributed by atoms with E-state index in [0.717, 1.165) is 0 Å². The fraction of sp³-hybridized carbons (Fsp3) is 0.111. The van der Waals surface area contributed by atoms with Crippen molar-refractivity contribution in [2.75, 3.05) is 5.32 Å². The summed E-state index contributed by atoms with van der Waals surface area (Å²) >= 11 is 11.7. The summed E-state index contributed by atoms with van der Waals surface area (Å²) in [6.07, 6.45) is -0.179. The van der Waals surface area contributed by atoms with Gasteiger partial charge in [0.05, 0.1) is 22.2 Å². The molecule has 0 aliphatic carbocycles. The third kappa shape index (κ3) is 3.42. The number of rotatable bonds is 3. The molecule has 0 aliphatic heterocycles. The largest absolute Gasteiger partial charge is 0.387 e. The van der Waals surface area contributed by atoms with E-state index in [1.54, 1.807) is 18.2 Å². The molecule has 15 heavy (non-hydrogen) atoms. The molecule has 0 spiro atoms. The molecule has 0 aliphatic rings. The van der Waals surface area contributed by atoms with E-state index in [9.17, 15) is 4.79 Å². The summed E-state index contributed by atoms with van der Waals surface area (Å²) in [4.78, 5) is 11.3. The second-order valence-corrected chi connectivity index (χ2v) is 3.66. The van der Waals surface area contributed by atoms with E-state index in [4.69, 9.17) is 34.3 Å². The first-order valence-electron chi connectivity index (χ1n) is 4.07. The van der Waals surface area contributed by atoms with Crippen molar-refractivity contribution in [1.29, 1.82) is 5.41 Å². The fourth-order valence-electron chi connectivity index (χ4n) is 0.974. The monoisotopic (exact) mass is 245 g/mol. The lowest BCUT2D eigenvalue weighted by molar-refractivity contribution is -0.115. The van der Waals surface area contributed by atoms with Crippen LogP contribution in [0.5, 0.6) is 0 Å². The molecule has 0 unspecified atom stereocenters. The maximum atomic E-state index is 11.3. The predicted octanol–water partition coefficient (Wildman–Crippen LogP) is 2.26. The molecule has 0 bridgehead atoms. The highest BCUT2D eigenvalue weighted by atomic mass is 35.5. The summed E-state index contributed by atoms with van der Waals surface area (Å²) in [6, 6.07) is 4.89. The highest BCUT2D eigenvalue weighted by molar-refractivity contribution is 6.39. The number of hydrogen-bond donors (Lipinski definition) is 3. The smallest absolute Gasteiger partial charge is 0.231 e. The topological polar surface area (TPSA) is 79.0 Å². The molecule has 1 amide bonds. The van der Waals surface area contributed by atoms with E-state index >= 15 is 0 Å². The maximum absolute atomic E-state index is 11.3. The van der Waals surface area contributed by atoms with Gasteiger partial charge in [-0.05, 0) is 12.1 Å². The molecule has 0 radical (unpaired) electrons. The summed E-state index contributed by atoms with van der Waals surface area (Å²) in [5.74, 6) is -0.631. The molecular weight excluding hydrogens is 237 g/mol. The number of hydrogen-bond acceptors (Lipinski definition) is 2. The molecule has 0 fully saturated rings. The van der Waals surface area contributed by atoms with Crippen LogP contribution in [0.3, 0.4) is 0 Å². The Morgan fingerprint density at radius 3 is 2.40 bits per heavy atom. The van der Waals surface area contributed by atoms with Crippen LogP contribution in [0.25, 0.3) is 0 Å². The van der Waals surface area contributed by atoms with Gasteiger partial charge in [0.15, 0.2) is 0 Å². The van der Waals surface area contributed by atoms with Crippen LogP contribution >= 0.6 is 23.2 Å². The molecule has 1 aromatic rings. The quantitative estimate of drug-likeness (QED) is 0.564. The van der Waals surface area contributed by atoms with Crippen LogP contribution in [0.2, 0.25) is 10.0 Å². The normalized spacial score (nSPS) is 9.73. The number of nitrogens with one attached hydrogen (secondary N) is 2. The van der Waals surface area contributed by atoms with E-state index in [-0.39, 0.29) is 12.3 Å². The van der Waals surface area contributed by atoms with Crippen molar-refractivity contribution in [1.82, 2.24) is 0 Å². The van der Waals surface area contributed by atoms with Crippen LogP contribution in [0.1, 0.15) is 6.42 Å². The third-order valence-electron chi connectivity index (χ3n) is 1.58. The highest BCUT2D eigenvalue weighted by Crippen LogP contribution is 2.29. The van der Waals surface area contributed by atoms with Gasteiger partial charge in [-0.1, -0.05) is 29.3 Å². The zero-order chi connectivity index (χ0) is 11.4. The van der Waals surface area contributed by atoms with Crippen LogP contribution in [-0.4, -0.2) is 11.7 Å². The van der Waals surface area contributed by atoms with Gasteiger partial charge in [0.25, 0.3) is 0 Å².